The second kappa shape index (κ2) is 5.21. The molecule has 1 aliphatic rings. The van der Waals surface area contributed by atoms with Crippen LogP contribution in [-0.4, -0.2) is 10.7 Å². The van der Waals surface area contributed by atoms with Crippen molar-refractivity contribution in [2.45, 2.75) is 37.6 Å². The van der Waals surface area contributed by atoms with E-state index in [2.05, 4.69) is 39.4 Å². The zero-order valence-corrected chi connectivity index (χ0v) is 11.8. The fraction of sp³-hybridized carbons (Fsp3) is 0.500. The van der Waals surface area contributed by atoms with Crippen LogP contribution in [0.1, 0.15) is 37.4 Å². The minimum atomic E-state index is 0.0856. The topological polar surface area (TPSA) is 29.1 Å². The second-order valence-electron chi connectivity index (χ2n) is 4.71. The van der Waals surface area contributed by atoms with Gasteiger partial charge < -0.3 is 5.32 Å². The number of fused-ring (bicyclic) bond motifs is 1. The number of carbonyl (C=O) groups is 1. The molecular weight excluding hydrogens is 278 g/mol. The van der Waals surface area contributed by atoms with Crippen LogP contribution in [-0.2, 0) is 11.2 Å². The summed E-state index contributed by atoms with van der Waals surface area (Å²) >= 11 is 3.67. The normalized spacial score (nSPS) is 24.2. The molecule has 3 atom stereocenters. The van der Waals surface area contributed by atoms with Gasteiger partial charge in [0, 0.05) is 10.7 Å². The van der Waals surface area contributed by atoms with E-state index in [4.69, 9.17) is 0 Å². The second-order valence-corrected chi connectivity index (χ2v) is 5.89. The zero-order chi connectivity index (χ0) is 12.4. The quantitative estimate of drug-likeness (QED) is 0.853. The molecule has 0 fully saturated rings. The van der Waals surface area contributed by atoms with Crippen LogP contribution in [0.5, 0.6) is 0 Å². The van der Waals surface area contributed by atoms with E-state index in [-0.39, 0.29) is 17.9 Å². The number of benzene rings is 1. The molecule has 1 amide bonds. The largest absolute Gasteiger partial charge is 0.348 e. The Morgan fingerprint density at radius 2 is 2.24 bits per heavy atom. The predicted molar refractivity (Wildman–Crippen MR) is 73.2 cm³/mol. The van der Waals surface area contributed by atoms with Crippen LogP contribution in [0.25, 0.3) is 0 Å². The molecule has 1 aliphatic carbocycles. The van der Waals surface area contributed by atoms with Gasteiger partial charge in [-0.25, -0.2) is 0 Å². The molecule has 0 spiro atoms. The number of nitrogens with one attached hydrogen (secondary N) is 1. The van der Waals surface area contributed by atoms with Gasteiger partial charge in [0.15, 0.2) is 0 Å². The van der Waals surface area contributed by atoms with Crippen LogP contribution in [0.4, 0.5) is 0 Å². The Bertz CT molecular complexity index is 418. The van der Waals surface area contributed by atoms with Crippen molar-refractivity contribution < 1.29 is 4.79 Å². The highest BCUT2D eigenvalue weighted by molar-refractivity contribution is 9.09. The summed E-state index contributed by atoms with van der Waals surface area (Å²) in [5.41, 5.74) is 2.59. The highest BCUT2D eigenvalue weighted by Crippen LogP contribution is 2.35. The number of rotatable bonds is 3. The van der Waals surface area contributed by atoms with Crippen molar-refractivity contribution in [1.29, 1.82) is 0 Å². The lowest BCUT2D eigenvalue weighted by molar-refractivity contribution is -0.125. The van der Waals surface area contributed by atoms with Crippen molar-refractivity contribution in [3.8, 4) is 0 Å². The van der Waals surface area contributed by atoms with Gasteiger partial charge in [0.1, 0.15) is 0 Å². The van der Waals surface area contributed by atoms with Gasteiger partial charge in [0.05, 0.1) is 6.04 Å². The molecule has 1 N–H and O–H groups in total. The van der Waals surface area contributed by atoms with Gasteiger partial charge >= 0.3 is 0 Å². The molecule has 0 aliphatic heterocycles. The summed E-state index contributed by atoms with van der Waals surface area (Å²) in [6.45, 7) is 4.01. The third-order valence-corrected chi connectivity index (χ3v) is 4.38. The molecular formula is C14H18BrNO. The molecule has 3 heteroatoms. The molecule has 0 radical (unpaired) electrons. The summed E-state index contributed by atoms with van der Waals surface area (Å²) in [5.74, 6) is 0.237. The first-order chi connectivity index (χ1) is 8.13. The van der Waals surface area contributed by atoms with Crippen LogP contribution in [0.3, 0.4) is 0 Å². The van der Waals surface area contributed by atoms with Crippen LogP contribution in [0, 0.1) is 5.92 Å². The maximum absolute atomic E-state index is 12.0. The van der Waals surface area contributed by atoms with E-state index in [1.165, 1.54) is 11.1 Å². The third-order valence-electron chi connectivity index (χ3n) is 3.52. The average molecular weight is 296 g/mol. The lowest BCUT2D eigenvalue weighted by atomic mass is 10.1. The van der Waals surface area contributed by atoms with E-state index < -0.39 is 0 Å². The molecule has 0 saturated carbocycles. The Balaban J connectivity index is 2.14. The molecule has 1 aromatic rings. The highest BCUT2D eigenvalue weighted by Gasteiger charge is 2.32. The van der Waals surface area contributed by atoms with Gasteiger partial charge in [0.25, 0.3) is 0 Å². The highest BCUT2D eigenvalue weighted by atomic mass is 79.9. The maximum atomic E-state index is 12.0. The van der Waals surface area contributed by atoms with Crippen LogP contribution in [0.2, 0.25) is 0 Å². The standard InChI is InChI=1S/C14H18BrNO/c1-3-9(2)14(17)16-13-11-7-5-4-6-10(11)8-12(13)15/h4-7,9,12-13H,3,8H2,1-2H3,(H,16,17). The van der Waals surface area contributed by atoms with E-state index in [1.54, 1.807) is 0 Å². The number of carbonyl (C=O) groups excluding carboxylic acids is 1. The average Bonchev–Trinajstić information content (AvgIpc) is 2.65. The van der Waals surface area contributed by atoms with Crippen LogP contribution in [0.15, 0.2) is 24.3 Å². The molecule has 1 aromatic carbocycles. The van der Waals surface area contributed by atoms with E-state index in [0.29, 0.717) is 4.83 Å². The van der Waals surface area contributed by atoms with Gasteiger partial charge in [-0.05, 0) is 24.0 Å². The fourth-order valence-electron chi connectivity index (χ4n) is 2.20. The van der Waals surface area contributed by atoms with E-state index >= 15 is 0 Å². The Morgan fingerprint density at radius 3 is 2.94 bits per heavy atom. The fourth-order valence-corrected chi connectivity index (χ4v) is 2.96. The number of hydrogen-bond acceptors (Lipinski definition) is 1. The van der Waals surface area contributed by atoms with Crippen molar-refractivity contribution in [2.24, 2.45) is 5.92 Å². The summed E-state index contributed by atoms with van der Waals surface area (Å²) in [5, 5.41) is 3.15. The Kier molecular flexibility index (Phi) is 3.87. The zero-order valence-electron chi connectivity index (χ0n) is 10.2. The van der Waals surface area contributed by atoms with Crippen molar-refractivity contribution in [1.82, 2.24) is 5.32 Å². The summed E-state index contributed by atoms with van der Waals surface area (Å²) in [7, 11) is 0. The summed E-state index contributed by atoms with van der Waals surface area (Å²) in [4.78, 5) is 12.3. The number of amides is 1. The number of alkyl halides is 1. The summed E-state index contributed by atoms with van der Waals surface area (Å²) < 4.78 is 0. The van der Waals surface area contributed by atoms with E-state index in [9.17, 15) is 4.79 Å². The first kappa shape index (κ1) is 12.6. The van der Waals surface area contributed by atoms with Crippen molar-refractivity contribution in [3.05, 3.63) is 35.4 Å². The lowest BCUT2D eigenvalue weighted by Crippen LogP contribution is -2.35. The maximum Gasteiger partial charge on any atom is 0.223 e. The molecule has 0 aromatic heterocycles. The molecule has 3 unspecified atom stereocenters. The van der Waals surface area contributed by atoms with E-state index in [1.807, 2.05) is 19.9 Å². The predicted octanol–water partition coefficient (Wildman–Crippen LogP) is 3.21. The van der Waals surface area contributed by atoms with Gasteiger partial charge in [-0.1, -0.05) is 54.0 Å². The van der Waals surface area contributed by atoms with Crippen molar-refractivity contribution in [3.63, 3.8) is 0 Å². The summed E-state index contributed by atoms with van der Waals surface area (Å²) in [6.07, 6.45) is 1.87. The summed E-state index contributed by atoms with van der Waals surface area (Å²) in [6, 6.07) is 8.45. The molecule has 0 bridgehead atoms. The number of halogens is 1. The van der Waals surface area contributed by atoms with Gasteiger partial charge in [0.2, 0.25) is 5.91 Å². The lowest BCUT2D eigenvalue weighted by Gasteiger charge is -2.20. The van der Waals surface area contributed by atoms with Gasteiger partial charge in [-0.3, -0.25) is 4.79 Å². The van der Waals surface area contributed by atoms with Crippen LogP contribution < -0.4 is 5.32 Å². The van der Waals surface area contributed by atoms with Crippen LogP contribution >= 0.6 is 15.9 Å². The first-order valence-corrected chi connectivity index (χ1v) is 7.07. The third kappa shape index (κ3) is 2.54. The van der Waals surface area contributed by atoms with E-state index in [0.717, 1.165) is 12.8 Å². The minimum Gasteiger partial charge on any atom is -0.348 e. The number of hydrogen-bond donors (Lipinski definition) is 1. The minimum absolute atomic E-state index is 0.0856. The molecule has 2 rings (SSSR count). The van der Waals surface area contributed by atoms with Gasteiger partial charge in [-0.15, -0.1) is 0 Å². The SMILES string of the molecule is CCC(C)C(=O)NC1c2ccccc2CC1Br. The molecule has 2 nitrogen and oxygen atoms in total. The van der Waals surface area contributed by atoms with Crippen molar-refractivity contribution >= 4 is 21.8 Å². The van der Waals surface area contributed by atoms with Gasteiger partial charge in [-0.2, -0.15) is 0 Å². The Hall–Kier alpha value is -0.830. The molecule has 0 saturated heterocycles. The van der Waals surface area contributed by atoms with Crippen molar-refractivity contribution in [2.75, 3.05) is 0 Å². The Labute approximate surface area is 111 Å². The molecule has 92 valence electrons. The smallest absolute Gasteiger partial charge is 0.223 e. The first-order valence-electron chi connectivity index (χ1n) is 6.15. The molecule has 17 heavy (non-hydrogen) atoms. The Morgan fingerprint density at radius 1 is 1.53 bits per heavy atom. The monoisotopic (exact) mass is 295 g/mol. The molecule has 0 heterocycles.